The fourth-order valence-corrected chi connectivity index (χ4v) is 1.82. The third kappa shape index (κ3) is 4.68. The van der Waals surface area contributed by atoms with Gasteiger partial charge in [0.1, 0.15) is 0 Å². The molecule has 0 saturated heterocycles. The highest BCUT2D eigenvalue weighted by molar-refractivity contribution is 5.26. The van der Waals surface area contributed by atoms with Gasteiger partial charge < -0.3 is 0 Å². The van der Waals surface area contributed by atoms with Gasteiger partial charge in [-0.1, -0.05) is 64.8 Å². The normalized spacial score (nSPS) is 17.5. The van der Waals surface area contributed by atoms with Crippen molar-refractivity contribution < 1.29 is 0 Å². The molecule has 0 aromatic heterocycles. The van der Waals surface area contributed by atoms with E-state index in [4.69, 9.17) is 0 Å². The quantitative estimate of drug-likeness (QED) is 0.585. The first-order valence-electron chi connectivity index (χ1n) is 6.54. The Morgan fingerprint density at radius 1 is 1.00 bits per heavy atom. The molecule has 0 heteroatoms. The molecule has 0 spiro atoms. The van der Waals surface area contributed by atoms with Crippen molar-refractivity contribution >= 4 is 0 Å². The first-order chi connectivity index (χ1) is 7.15. The molecule has 1 aliphatic rings. The Kier molecular flexibility index (Phi) is 7.46. The largest absolute Gasteiger partial charge is 0.0683 e. The summed E-state index contributed by atoms with van der Waals surface area (Å²) in [6.07, 6.45) is 8.55. The van der Waals surface area contributed by atoms with Crippen LogP contribution in [0.25, 0.3) is 0 Å². The van der Waals surface area contributed by atoms with Gasteiger partial charge in [-0.05, 0) is 31.1 Å². The molecule has 0 aromatic rings. The Morgan fingerprint density at radius 2 is 1.47 bits per heavy atom. The molecule has 15 heavy (non-hydrogen) atoms. The minimum absolute atomic E-state index is 0.731. The summed E-state index contributed by atoms with van der Waals surface area (Å²) in [5, 5.41) is 0. The summed E-state index contributed by atoms with van der Waals surface area (Å²) in [4.78, 5) is 0. The molecule has 0 amide bonds. The lowest BCUT2D eigenvalue weighted by molar-refractivity contribution is 0.600. The predicted molar refractivity (Wildman–Crippen MR) is 71.0 cm³/mol. The molecule has 0 bridgehead atoms. The number of hydrogen-bond donors (Lipinski definition) is 0. The van der Waals surface area contributed by atoms with E-state index in [-0.39, 0.29) is 0 Å². The molecule has 1 rings (SSSR count). The zero-order valence-electron chi connectivity index (χ0n) is 11.4. The molecule has 0 heterocycles. The van der Waals surface area contributed by atoms with Crippen molar-refractivity contribution in [3.63, 3.8) is 0 Å². The van der Waals surface area contributed by atoms with Crippen molar-refractivity contribution in [2.24, 2.45) is 11.8 Å². The molecule has 0 saturated carbocycles. The fraction of sp³-hybridized carbons (Fsp3) is 0.733. The highest BCUT2D eigenvalue weighted by Gasteiger charge is 2.12. The van der Waals surface area contributed by atoms with Crippen LogP contribution in [0.4, 0.5) is 0 Å². The van der Waals surface area contributed by atoms with Crippen LogP contribution in [0.1, 0.15) is 60.8 Å². The average Bonchev–Trinajstić information content (AvgIpc) is 2.31. The van der Waals surface area contributed by atoms with Crippen LogP contribution < -0.4 is 0 Å². The van der Waals surface area contributed by atoms with E-state index in [1.165, 1.54) is 19.3 Å². The second kappa shape index (κ2) is 7.73. The zero-order chi connectivity index (χ0) is 11.8. The summed E-state index contributed by atoms with van der Waals surface area (Å²) in [6.45, 7) is 13.2. The van der Waals surface area contributed by atoms with Gasteiger partial charge in [0.05, 0.1) is 0 Å². The van der Waals surface area contributed by atoms with Gasteiger partial charge in [0, 0.05) is 0 Å². The third-order valence-corrected chi connectivity index (χ3v) is 3.20. The maximum Gasteiger partial charge on any atom is -0.0231 e. The standard InChI is InChI=1S/C13H22.C2H6/c1-5-11(4)13-8-6-12(7-9-13)10(2)3;1-2/h6,8,10-11H,5,7,9H2,1-4H3;1-2H3. The summed E-state index contributed by atoms with van der Waals surface area (Å²) in [6, 6.07) is 0. The topological polar surface area (TPSA) is 0 Å². The van der Waals surface area contributed by atoms with Crippen molar-refractivity contribution in [2.45, 2.75) is 60.8 Å². The first kappa shape index (κ1) is 14.5. The minimum atomic E-state index is 0.731. The van der Waals surface area contributed by atoms with Crippen molar-refractivity contribution in [3.05, 3.63) is 23.3 Å². The predicted octanol–water partition coefficient (Wildman–Crippen LogP) is 5.36. The van der Waals surface area contributed by atoms with E-state index in [9.17, 15) is 0 Å². The van der Waals surface area contributed by atoms with Gasteiger partial charge in [-0.15, -0.1) is 0 Å². The number of hydrogen-bond acceptors (Lipinski definition) is 0. The summed E-state index contributed by atoms with van der Waals surface area (Å²) < 4.78 is 0. The minimum Gasteiger partial charge on any atom is -0.0683 e. The van der Waals surface area contributed by atoms with Crippen LogP contribution >= 0.6 is 0 Å². The lowest BCUT2D eigenvalue weighted by Gasteiger charge is -2.20. The summed E-state index contributed by atoms with van der Waals surface area (Å²) in [7, 11) is 0. The lowest BCUT2D eigenvalue weighted by atomic mass is 9.85. The van der Waals surface area contributed by atoms with Crippen molar-refractivity contribution in [3.8, 4) is 0 Å². The van der Waals surface area contributed by atoms with Crippen LogP contribution in [0.3, 0.4) is 0 Å². The molecule has 1 atom stereocenters. The molecule has 0 radical (unpaired) electrons. The van der Waals surface area contributed by atoms with E-state index in [0.29, 0.717) is 0 Å². The molecule has 0 nitrogen and oxygen atoms in total. The van der Waals surface area contributed by atoms with Gasteiger partial charge in [-0.3, -0.25) is 0 Å². The Balaban J connectivity index is 0.000000921. The van der Waals surface area contributed by atoms with E-state index < -0.39 is 0 Å². The van der Waals surface area contributed by atoms with Crippen LogP contribution in [-0.4, -0.2) is 0 Å². The molecule has 0 aliphatic heterocycles. The Labute approximate surface area is 96.5 Å². The van der Waals surface area contributed by atoms with Crippen molar-refractivity contribution in [2.75, 3.05) is 0 Å². The van der Waals surface area contributed by atoms with Crippen molar-refractivity contribution in [1.82, 2.24) is 0 Å². The maximum atomic E-state index is 2.35. The van der Waals surface area contributed by atoms with Gasteiger partial charge in [-0.2, -0.15) is 0 Å². The second-order valence-corrected chi connectivity index (χ2v) is 4.45. The molecule has 1 unspecified atom stereocenters. The summed E-state index contributed by atoms with van der Waals surface area (Å²) >= 11 is 0. The maximum absolute atomic E-state index is 2.35. The molecule has 0 fully saturated rings. The molecule has 0 aromatic carbocycles. The first-order valence-corrected chi connectivity index (χ1v) is 6.54. The lowest BCUT2D eigenvalue weighted by Crippen LogP contribution is -2.04. The Morgan fingerprint density at radius 3 is 1.80 bits per heavy atom. The van der Waals surface area contributed by atoms with Crippen LogP contribution in [0.15, 0.2) is 23.3 Å². The monoisotopic (exact) mass is 208 g/mol. The SMILES string of the molecule is CC.CCC(C)C1=CC=C(C(C)C)CC1. The average molecular weight is 208 g/mol. The third-order valence-electron chi connectivity index (χ3n) is 3.20. The van der Waals surface area contributed by atoms with E-state index in [2.05, 4.69) is 39.8 Å². The summed E-state index contributed by atoms with van der Waals surface area (Å²) in [5.41, 5.74) is 3.26. The van der Waals surface area contributed by atoms with Crippen molar-refractivity contribution in [1.29, 1.82) is 0 Å². The highest BCUT2D eigenvalue weighted by atomic mass is 14.2. The second-order valence-electron chi connectivity index (χ2n) is 4.45. The van der Waals surface area contributed by atoms with Gasteiger partial charge in [0.2, 0.25) is 0 Å². The van der Waals surface area contributed by atoms with Crippen LogP contribution in [0.2, 0.25) is 0 Å². The van der Waals surface area contributed by atoms with E-state index in [1.807, 2.05) is 13.8 Å². The molecule has 0 N–H and O–H groups in total. The Bertz CT molecular complexity index is 218. The zero-order valence-corrected chi connectivity index (χ0v) is 11.4. The number of rotatable bonds is 3. The van der Waals surface area contributed by atoms with Gasteiger partial charge >= 0.3 is 0 Å². The van der Waals surface area contributed by atoms with Gasteiger partial charge in [0.15, 0.2) is 0 Å². The molecular formula is C15H28. The van der Waals surface area contributed by atoms with Crippen LogP contribution in [0.5, 0.6) is 0 Å². The van der Waals surface area contributed by atoms with Gasteiger partial charge in [0.25, 0.3) is 0 Å². The molecule has 1 aliphatic carbocycles. The van der Waals surface area contributed by atoms with E-state index >= 15 is 0 Å². The van der Waals surface area contributed by atoms with Gasteiger partial charge in [-0.25, -0.2) is 0 Å². The Hall–Kier alpha value is -0.520. The smallest absolute Gasteiger partial charge is 0.0231 e. The number of allylic oxidation sites excluding steroid dienone is 4. The van der Waals surface area contributed by atoms with Crippen LogP contribution in [-0.2, 0) is 0 Å². The van der Waals surface area contributed by atoms with Crippen LogP contribution in [0, 0.1) is 11.8 Å². The molecule has 88 valence electrons. The summed E-state index contributed by atoms with van der Waals surface area (Å²) in [5.74, 6) is 1.51. The van der Waals surface area contributed by atoms with E-state index in [1.54, 1.807) is 11.1 Å². The molecular weight excluding hydrogens is 180 g/mol. The fourth-order valence-electron chi connectivity index (χ4n) is 1.82. The highest BCUT2D eigenvalue weighted by Crippen LogP contribution is 2.28. The van der Waals surface area contributed by atoms with E-state index in [0.717, 1.165) is 11.8 Å².